The second-order valence-electron chi connectivity index (χ2n) is 8.77. The average Bonchev–Trinajstić information content (AvgIpc) is 2.78. The van der Waals surface area contributed by atoms with Crippen molar-refractivity contribution in [2.24, 2.45) is 17.3 Å². The van der Waals surface area contributed by atoms with Crippen molar-refractivity contribution in [2.45, 2.75) is 71.0 Å². The minimum atomic E-state index is -0.611. The Kier molecular flexibility index (Phi) is 5.79. The smallest absolute Gasteiger partial charge is 0.344 e. The molecule has 7 heteroatoms. The maximum Gasteiger partial charge on any atom is 0.344 e. The van der Waals surface area contributed by atoms with Gasteiger partial charge in [-0.2, -0.15) is 0 Å². The Morgan fingerprint density at radius 2 is 1.93 bits per heavy atom. The molecule has 0 aromatic heterocycles. The van der Waals surface area contributed by atoms with Crippen LogP contribution in [0.15, 0.2) is 0 Å². The molecule has 0 radical (unpaired) electrons. The number of hydrogen-bond donors (Lipinski definition) is 0. The zero-order valence-corrected chi connectivity index (χ0v) is 16.5. The highest BCUT2D eigenvalue weighted by atomic mass is 16.6. The van der Waals surface area contributed by atoms with Gasteiger partial charge in [0.25, 0.3) is 0 Å². The van der Waals surface area contributed by atoms with Gasteiger partial charge in [0.05, 0.1) is 23.5 Å². The number of esters is 3. The van der Waals surface area contributed by atoms with Gasteiger partial charge in [-0.05, 0) is 51.9 Å². The summed E-state index contributed by atoms with van der Waals surface area (Å²) in [6, 6.07) is 0. The van der Waals surface area contributed by atoms with Crippen LogP contribution in [0.5, 0.6) is 0 Å². The van der Waals surface area contributed by atoms with Crippen molar-refractivity contribution in [3.05, 3.63) is 0 Å². The van der Waals surface area contributed by atoms with Crippen molar-refractivity contribution < 1.29 is 33.3 Å². The minimum absolute atomic E-state index is 0.0485. The molecule has 0 spiro atoms. The Hall–Kier alpha value is -1.63. The minimum Gasteiger partial charge on any atom is -0.462 e. The van der Waals surface area contributed by atoms with E-state index in [0.29, 0.717) is 18.8 Å². The van der Waals surface area contributed by atoms with Gasteiger partial charge in [0.1, 0.15) is 12.7 Å². The molecule has 0 amide bonds. The molecule has 4 atom stereocenters. The van der Waals surface area contributed by atoms with Crippen LogP contribution in [0.2, 0.25) is 0 Å². The van der Waals surface area contributed by atoms with Gasteiger partial charge in [-0.15, -0.1) is 0 Å². The highest BCUT2D eigenvalue weighted by molar-refractivity contribution is 5.79. The molecule has 2 aliphatic heterocycles. The number of ether oxygens (including phenoxy) is 4. The highest BCUT2D eigenvalue weighted by Gasteiger charge is 2.53. The van der Waals surface area contributed by atoms with E-state index in [1.807, 2.05) is 6.92 Å². The fourth-order valence-corrected chi connectivity index (χ4v) is 4.47. The van der Waals surface area contributed by atoms with Gasteiger partial charge in [0.15, 0.2) is 6.61 Å². The van der Waals surface area contributed by atoms with Gasteiger partial charge in [-0.3, -0.25) is 9.59 Å². The first kappa shape index (κ1) is 20.1. The van der Waals surface area contributed by atoms with E-state index in [1.165, 1.54) is 0 Å². The Labute approximate surface area is 160 Å². The molecule has 0 aromatic rings. The summed E-state index contributed by atoms with van der Waals surface area (Å²) in [7, 11) is 0. The lowest BCUT2D eigenvalue weighted by Crippen LogP contribution is -2.47. The lowest BCUT2D eigenvalue weighted by atomic mass is 9.65. The third-order valence-corrected chi connectivity index (χ3v) is 6.22. The molecule has 27 heavy (non-hydrogen) atoms. The van der Waals surface area contributed by atoms with Crippen molar-refractivity contribution in [3.63, 3.8) is 0 Å². The third-order valence-electron chi connectivity index (χ3n) is 6.22. The molecule has 2 saturated carbocycles. The Morgan fingerprint density at radius 3 is 2.67 bits per heavy atom. The van der Waals surface area contributed by atoms with Crippen molar-refractivity contribution in [1.29, 1.82) is 0 Å². The number of carbonyl (C=O) groups excluding carboxylic acids is 3. The normalized spacial score (nSPS) is 32.0. The summed E-state index contributed by atoms with van der Waals surface area (Å²) < 4.78 is 21.8. The molecular weight excluding hydrogens is 352 g/mol. The van der Waals surface area contributed by atoms with Gasteiger partial charge < -0.3 is 18.9 Å². The topological polar surface area (TPSA) is 88.1 Å². The Morgan fingerprint density at radius 1 is 1.15 bits per heavy atom. The van der Waals surface area contributed by atoms with Crippen LogP contribution in [0.25, 0.3) is 0 Å². The second kappa shape index (κ2) is 7.78. The lowest BCUT2D eigenvalue weighted by Gasteiger charge is -2.46. The highest BCUT2D eigenvalue weighted by Crippen LogP contribution is 2.51. The molecule has 7 nitrogen and oxygen atoms in total. The third kappa shape index (κ3) is 4.62. The monoisotopic (exact) mass is 382 g/mol. The van der Waals surface area contributed by atoms with E-state index in [0.717, 1.165) is 25.7 Å². The molecule has 152 valence electrons. The van der Waals surface area contributed by atoms with Gasteiger partial charge in [0, 0.05) is 6.42 Å². The quantitative estimate of drug-likeness (QED) is 0.362. The predicted octanol–water partition coefficient (Wildman–Crippen LogP) is 2.40. The molecule has 4 fully saturated rings. The van der Waals surface area contributed by atoms with E-state index in [-0.39, 0.29) is 43.4 Å². The number of fused-ring (bicyclic) bond motifs is 1. The van der Waals surface area contributed by atoms with Crippen LogP contribution in [-0.2, 0) is 33.3 Å². The van der Waals surface area contributed by atoms with Crippen molar-refractivity contribution in [2.75, 3.05) is 19.8 Å². The van der Waals surface area contributed by atoms with Crippen LogP contribution in [0.4, 0.5) is 0 Å². The first-order valence-corrected chi connectivity index (χ1v) is 9.90. The molecule has 2 saturated heterocycles. The lowest BCUT2D eigenvalue weighted by molar-refractivity contribution is -0.168. The molecular formula is C20H30O7. The van der Waals surface area contributed by atoms with E-state index in [1.54, 1.807) is 13.8 Å². The van der Waals surface area contributed by atoms with Crippen molar-refractivity contribution in [1.82, 2.24) is 0 Å². The van der Waals surface area contributed by atoms with E-state index in [4.69, 9.17) is 18.9 Å². The number of carbonyl (C=O) groups is 3. The summed E-state index contributed by atoms with van der Waals surface area (Å²) in [6.07, 6.45) is 4.77. The number of rotatable bonds is 8. The van der Waals surface area contributed by atoms with Crippen LogP contribution < -0.4 is 0 Å². The van der Waals surface area contributed by atoms with E-state index in [9.17, 15) is 14.4 Å². The van der Waals surface area contributed by atoms with Gasteiger partial charge in [0.2, 0.25) is 0 Å². The average molecular weight is 382 g/mol. The van der Waals surface area contributed by atoms with Gasteiger partial charge in [-0.25, -0.2) is 4.79 Å². The van der Waals surface area contributed by atoms with Crippen LogP contribution >= 0.6 is 0 Å². The SMILES string of the molecule is CCC(C)(C)C(=O)OCC(=O)OCCOC12CC3CC(C1)OC(=O)C(C3)C2. The summed E-state index contributed by atoms with van der Waals surface area (Å²) in [6.45, 7) is 5.42. The first-order chi connectivity index (χ1) is 12.7. The Bertz CT molecular complexity index is 599. The van der Waals surface area contributed by atoms with E-state index in [2.05, 4.69) is 0 Å². The predicted molar refractivity (Wildman–Crippen MR) is 94.6 cm³/mol. The summed E-state index contributed by atoms with van der Waals surface area (Å²) in [4.78, 5) is 35.7. The maximum absolute atomic E-state index is 12.1. The molecule has 2 heterocycles. The molecule has 4 rings (SSSR count). The molecule has 4 aliphatic rings. The maximum atomic E-state index is 12.1. The number of hydrogen-bond acceptors (Lipinski definition) is 7. The summed E-state index contributed by atoms with van der Waals surface area (Å²) in [5.41, 5.74) is -0.952. The zero-order valence-electron chi connectivity index (χ0n) is 16.5. The van der Waals surface area contributed by atoms with E-state index >= 15 is 0 Å². The van der Waals surface area contributed by atoms with Crippen LogP contribution in [-0.4, -0.2) is 49.4 Å². The Balaban J connectivity index is 1.40. The first-order valence-electron chi connectivity index (χ1n) is 9.90. The second-order valence-corrected chi connectivity index (χ2v) is 8.77. The summed E-state index contributed by atoms with van der Waals surface area (Å²) >= 11 is 0. The molecule has 0 aromatic carbocycles. The van der Waals surface area contributed by atoms with Gasteiger partial charge in [-0.1, -0.05) is 6.92 Å². The molecule has 4 bridgehead atoms. The van der Waals surface area contributed by atoms with Crippen molar-refractivity contribution in [3.8, 4) is 0 Å². The van der Waals surface area contributed by atoms with Crippen LogP contribution in [0.1, 0.15) is 59.3 Å². The molecule has 4 unspecified atom stereocenters. The summed E-state index contributed by atoms with van der Waals surface area (Å²) in [5, 5.41) is 0. The fraction of sp³-hybridized carbons (Fsp3) is 0.850. The largest absolute Gasteiger partial charge is 0.462 e. The van der Waals surface area contributed by atoms with Gasteiger partial charge >= 0.3 is 17.9 Å². The zero-order chi connectivity index (χ0) is 19.7. The standard InChI is InChI=1S/C20H30O7/c1-4-19(2,3)18(23)25-12-16(21)24-5-6-26-20-9-13-7-14(10-20)17(22)27-15(8-13)11-20/h13-15H,4-12H2,1-3H3. The van der Waals surface area contributed by atoms with Crippen molar-refractivity contribution >= 4 is 17.9 Å². The fourth-order valence-electron chi connectivity index (χ4n) is 4.47. The molecule has 0 N–H and O–H groups in total. The van der Waals surface area contributed by atoms with Crippen LogP contribution in [0.3, 0.4) is 0 Å². The molecule has 2 aliphatic carbocycles. The summed E-state index contributed by atoms with van der Waals surface area (Å²) in [5.74, 6) is -0.679. The van der Waals surface area contributed by atoms with Crippen LogP contribution in [0, 0.1) is 17.3 Å². The van der Waals surface area contributed by atoms with E-state index < -0.39 is 17.4 Å².